The molecule has 2 aromatic heterocycles. The van der Waals surface area contributed by atoms with E-state index in [0.717, 1.165) is 11.1 Å². The van der Waals surface area contributed by atoms with Crippen LogP contribution in [0, 0.1) is 16.7 Å². The number of carbonyl (C=O) groups excluding carboxylic acids is 1. The highest BCUT2D eigenvalue weighted by Gasteiger charge is 2.47. The van der Waals surface area contributed by atoms with Crippen molar-refractivity contribution in [1.29, 1.82) is 5.26 Å². The Morgan fingerprint density at radius 2 is 2.04 bits per heavy atom. The number of nitrogens with zero attached hydrogens (tertiary/aromatic N) is 4. The van der Waals surface area contributed by atoms with E-state index in [1.165, 1.54) is 0 Å². The van der Waals surface area contributed by atoms with Gasteiger partial charge in [0.25, 0.3) is 0 Å². The molecule has 6 heteroatoms. The third-order valence-electron chi connectivity index (χ3n) is 4.66. The zero-order chi connectivity index (χ0) is 18.2. The molecule has 0 fully saturated rings. The lowest BCUT2D eigenvalue weighted by Crippen LogP contribution is -2.42. The normalized spacial score (nSPS) is 22.4. The van der Waals surface area contributed by atoms with E-state index in [4.69, 9.17) is 4.74 Å². The fourth-order valence-corrected chi connectivity index (χ4v) is 3.32. The summed E-state index contributed by atoms with van der Waals surface area (Å²) in [6.07, 6.45) is 7.49. The van der Waals surface area contributed by atoms with Gasteiger partial charge in [-0.05, 0) is 18.6 Å². The largest absolute Gasteiger partial charge is 0.368 e. The second kappa shape index (κ2) is 5.94. The Balaban J connectivity index is 2.05. The number of ether oxygens (including phenoxy) is 1. The van der Waals surface area contributed by atoms with E-state index in [1.54, 1.807) is 30.3 Å². The molecule has 128 valence electrons. The van der Waals surface area contributed by atoms with E-state index >= 15 is 0 Å². The van der Waals surface area contributed by atoms with Gasteiger partial charge in [-0.15, -0.1) is 0 Å². The number of nitriles is 1. The molecule has 0 spiro atoms. The maximum absolute atomic E-state index is 12.4. The third-order valence-corrected chi connectivity index (χ3v) is 4.66. The second-order valence-corrected chi connectivity index (χ2v) is 6.99. The number of allylic oxidation sites excluding steroid dienone is 1. The lowest BCUT2D eigenvalue weighted by Gasteiger charge is -2.39. The van der Waals surface area contributed by atoms with Crippen LogP contribution in [0.1, 0.15) is 26.0 Å². The predicted molar refractivity (Wildman–Crippen MR) is 92.2 cm³/mol. The van der Waals surface area contributed by atoms with E-state index in [9.17, 15) is 10.1 Å². The number of pyridine rings is 1. The molecule has 2 aromatic rings. The van der Waals surface area contributed by atoms with Gasteiger partial charge in [0.15, 0.2) is 5.78 Å². The number of Topliss-reactive ketones (excluding diaryl/α,β-unsaturated/α-hetero) is 1. The first-order chi connectivity index (χ1) is 11.8. The lowest BCUT2D eigenvalue weighted by atomic mass is 9.68. The Labute approximate surface area is 146 Å². The fourth-order valence-electron chi connectivity index (χ4n) is 3.32. The van der Waals surface area contributed by atoms with Gasteiger partial charge in [0.05, 0.1) is 17.5 Å². The van der Waals surface area contributed by atoms with Crippen molar-refractivity contribution in [2.24, 2.45) is 12.5 Å². The zero-order valence-corrected chi connectivity index (χ0v) is 14.8. The van der Waals surface area contributed by atoms with Crippen molar-refractivity contribution in [2.75, 3.05) is 7.11 Å². The van der Waals surface area contributed by atoms with Gasteiger partial charge in [0.1, 0.15) is 11.7 Å². The summed E-state index contributed by atoms with van der Waals surface area (Å²) >= 11 is 0. The van der Waals surface area contributed by atoms with Crippen molar-refractivity contribution in [3.63, 3.8) is 0 Å². The second-order valence-electron chi connectivity index (χ2n) is 6.99. The summed E-state index contributed by atoms with van der Waals surface area (Å²) in [5, 5.41) is 13.5. The number of ketones is 1. The van der Waals surface area contributed by atoms with Gasteiger partial charge in [-0.25, -0.2) is 0 Å². The lowest BCUT2D eigenvalue weighted by molar-refractivity contribution is -0.128. The van der Waals surface area contributed by atoms with E-state index in [2.05, 4.69) is 10.1 Å². The van der Waals surface area contributed by atoms with E-state index in [-0.39, 0.29) is 11.4 Å². The van der Waals surface area contributed by atoms with Crippen LogP contribution in [0.3, 0.4) is 0 Å². The number of methoxy groups -OCH3 is 1. The van der Waals surface area contributed by atoms with Crippen molar-refractivity contribution >= 4 is 5.78 Å². The average molecular weight is 336 g/mol. The summed E-state index contributed by atoms with van der Waals surface area (Å²) < 4.78 is 7.51. The first-order valence-electron chi connectivity index (χ1n) is 8.00. The Morgan fingerprint density at radius 1 is 1.28 bits per heavy atom. The monoisotopic (exact) mass is 336 g/mol. The van der Waals surface area contributed by atoms with Gasteiger partial charge < -0.3 is 4.74 Å². The summed E-state index contributed by atoms with van der Waals surface area (Å²) in [6.45, 7) is 3.66. The molecule has 0 saturated carbocycles. The van der Waals surface area contributed by atoms with Crippen LogP contribution in [0.4, 0.5) is 0 Å². The van der Waals surface area contributed by atoms with E-state index in [1.807, 2.05) is 45.3 Å². The van der Waals surface area contributed by atoms with Crippen LogP contribution < -0.4 is 0 Å². The SMILES string of the molecule is COC1(c2ccc(-c3cnn(C)c3)cn2)C=C(C#N)C(=O)C(C)(C)C1. The number of aryl methyl sites for hydroxylation is 1. The smallest absolute Gasteiger partial charge is 0.178 e. The van der Waals surface area contributed by atoms with E-state index < -0.39 is 11.0 Å². The zero-order valence-electron chi connectivity index (χ0n) is 14.8. The molecule has 0 aromatic carbocycles. The predicted octanol–water partition coefficient (Wildman–Crippen LogP) is 2.77. The third kappa shape index (κ3) is 2.87. The molecule has 1 aliphatic rings. The van der Waals surface area contributed by atoms with Crippen LogP contribution in [0.2, 0.25) is 0 Å². The summed E-state index contributed by atoms with van der Waals surface area (Å²) in [5.74, 6) is -0.158. The molecular weight excluding hydrogens is 316 g/mol. The Bertz CT molecular complexity index is 887. The molecule has 0 N–H and O–H groups in total. The summed E-state index contributed by atoms with van der Waals surface area (Å²) in [5.41, 5.74) is 1.13. The fraction of sp³-hybridized carbons (Fsp3) is 0.368. The van der Waals surface area contributed by atoms with Gasteiger partial charge in [0.2, 0.25) is 0 Å². The van der Waals surface area contributed by atoms with Gasteiger partial charge in [-0.3, -0.25) is 14.5 Å². The molecule has 2 heterocycles. The topological polar surface area (TPSA) is 80.8 Å². The van der Waals surface area contributed by atoms with Gasteiger partial charge in [-0.2, -0.15) is 10.4 Å². The molecular formula is C19H20N4O2. The molecule has 0 aliphatic heterocycles. The van der Waals surface area contributed by atoms with Gasteiger partial charge >= 0.3 is 0 Å². The highest BCUT2D eigenvalue weighted by Crippen LogP contribution is 2.44. The molecule has 0 radical (unpaired) electrons. The van der Waals surface area contributed by atoms with Crippen LogP contribution in [0.25, 0.3) is 11.1 Å². The molecule has 0 amide bonds. The van der Waals surface area contributed by atoms with Crippen molar-refractivity contribution in [3.8, 4) is 17.2 Å². The van der Waals surface area contributed by atoms with Crippen LogP contribution >= 0.6 is 0 Å². The summed E-state index contributed by atoms with van der Waals surface area (Å²) in [6, 6.07) is 5.83. The minimum atomic E-state index is -0.893. The molecule has 6 nitrogen and oxygen atoms in total. The molecule has 0 saturated heterocycles. The van der Waals surface area contributed by atoms with Crippen molar-refractivity contribution < 1.29 is 9.53 Å². The van der Waals surface area contributed by atoms with Crippen molar-refractivity contribution in [3.05, 3.63) is 48.1 Å². The maximum atomic E-state index is 12.4. The molecule has 0 bridgehead atoms. The van der Waals surface area contributed by atoms with Crippen LogP contribution in [0.5, 0.6) is 0 Å². The minimum absolute atomic E-state index is 0.122. The number of carbonyl (C=O) groups is 1. The number of hydrogen-bond acceptors (Lipinski definition) is 5. The quantitative estimate of drug-likeness (QED) is 0.861. The first kappa shape index (κ1) is 17.1. The Hall–Kier alpha value is -2.78. The van der Waals surface area contributed by atoms with Crippen LogP contribution in [0.15, 0.2) is 42.4 Å². The minimum Gasteiger partial charge on any atom is -0.368 e. The molecule has 1 aliphatic carbocycles. The van der Waals surface area contributed by atoms with Crippen LogP contribution in [-0.4, -0.2) is 27.7 Å². The Morgan fingerprint density at radius 3 is 2.56 bits per heavy atom. The van der Waals surface area contributed by atoms with Gasteiger partial charge in [0, 0.05) is 43.1 Å². The highest BCUT2D eigenvalue weighted by molar-refractivity contribution is 6.03. The summed E-state index contributed by atoms with van der Waals surface area (Å²) in [4.78, 5) is 16.9. The molecule has 3 rings (SSSR count). The average Bonchev–Trinajstić information content (AvgIpc) is 3.04. The standard InChI is InChI=1S/C19H20N4O2/c1-18(2)12-19(25-4,7-14(8-20)17(18)24)16-6-5-13(9-21-16)15-10-22-23(3)11-15/h5-7,9-11H,12H2,1-4H3. The molecule has 25 heavy (non-hydrogen) atoms. The summed E-state index contributed by atoms with van der Waals surface area (Å²) in [7, 11) is 3.44. The highest BCUT2D eigenvalue weighted by atomic mass is 16.5. The van der Waals surface area contributed by atoms with Gasteiger partial charge in [-0.1, -0.05) is 19.9 Å². The number of rotatable bonds is 3. The molecule has 1 atom stereocenters. The van der Waals surface area contributed by atoms with Crippen molar-refractivity contribution in [1.82, 2.24) is 14.8 Å². The van der Waals surface area contributed by atoms with Crippen LogP contribution in [-0.2, 0) is 22.2 Å². The number of hydrogen-bond donors (Lipinski definition) is 0. The Kier molecular flexibility index (Phi) is 4.05. The number of aromatic nitrogens is 3. The molecule has 1 unspecified atom stereocenters. The maximum Gasteiger partial charge on any atom is 0.178 e. The van der Waals surface area contributed by atoms with E-state index in [0.29, 0.717) is 12.1 Å². The first-order valence-corrected chi connectivity index (χ1v) is 8.00. The van der Waals surface area contributed by atoms with Crippen molar-refractivity contribution in [2.45, 2.75) is 25.9 Å².